The minimum atomic E-state index is -0.104. The molecular formula is C21H22N2O4S2. The predicted octanol–water partition coefficient (Wildman–Crippen LogP) is 4.71. The number of thiazole rings is 1. The zero-order chi connectivity index (χ0) is 20.6. The van der Waals surface area contributed by atoms with Gasteiger partial charge in [-0.3, -0.25) is 4.79 Å². The number of carbonyl (C=O) groups excluding carboxylic acids is 1. The van der Waals surface area contributed by atoms with Gasteiger partial charge in [0.25, 0.3) is 0 Å². The van der Waals surface area contributed by atoms with Crippen molar-refractivity contribution in [2.24, 2.45) is 0 Å². The minimum Gasteiger partial charge on any atom is -0.497 e. The lowest BCUT2D eigenvalue weighted by molar-refractivity contribution is -0.113. The Morgan fingerprint density at radius 3 is 2.45 bits per heavy atom. The van der Waals surface area contributed by atoms with Gasteiger partial charge < -0.3 is 19.5 Å². The van der Waals surface area contributed by atoms with Gasteiger partial charge in [0.2, 0.25) is 5.91 Å². The van der Waals surface area contributed by atoms with Gasteiger partial charge in [0.05, 0.1) is 38.5 Å². The van der Waals surface area contributed by atoms with E-state index in [9.17, 15) is 4.79 Å². The molecule has 0 radical (unpaired) electrons. The number of ether oxygens (including phenoxy) is 3. The van der Waals surface area contributed by atoms with E-state index < -0.39 is 0 Å². The number of nitrogens with zero attached hydrogens (tertiary/aromatic N) is 1. The monoisotopic (exact) mass is 430 g/mol. The van der Waals surface area contributed by atoms with E-state index in [4.69, 9.17) is 14.2 Å². The topological polar surface area (TPSA) is 69.7 Å². The molecule has 0 aliphatic rings. The number of amides is 1. The van der Waals surface area contributed by atoms with Gasteiger partial charge in [-0.25, -0.2) is 4.98 Å². The van der Waals surface area contributed by atoms with Crippen molar-refractivity contribution in [1.82, 2.24) is 4.98 Å². The second-order valence-corrected chi connectivity index (χ2v) is 7.82. The number of methoxy groups -OCH3 is 3. The van der Waals surface area contributed by atoms with E-state index in [-0.39, 0.29) is 5.91 Å². The van der Waals surface area contributed by atoms with E-state index in [1.54, 1.807) is 50.9 Å². The Morgan fingerprint density at radius 2 is 1.76 bits per heavy atom. The first-order chi connectivity index (χ1) is 14.1. The van der Waals surface area contributed by atoms with Crippen LogP contribution in [0, 0.1) is 0 Å². The van der Waals surface area contributed by atoms with Crippen LogP contribution in [-0.2, 0) is 10.5 Å². The zero-order valence-corrected chi connectivity index (χ0v) is 18.1. The van der Waals surface area contributed by atoms with Gasteiger partial charge >= 0.3 is 0 Å². The van der Waals surface area contributed by atoms with Crippen molar-refractivity contribution in [3.63, 3.8) is 0 Å². The molecule has 0 spiro atoms. The Morgan fingerprint density at radius 1 is 1.03 bits per heavy atom. The Kier molecular flexibility index (Phi) is 7.37. The highest BCUT2D eigenvalue weighted by atomic mass is 32.2. The van der Waals surface area contributed by atoms with E-state index >= 15 is 0 Å². The molecule has 3 aromatic rings. The van der Waals surface area contributed by atoms with Crippen LogP contribution in [0.1, 0.15) is 5.69 Å². The standard InChI is InChI=1S/C21H22N2O4S2/c1-25-16-6-4-14(5-7-16)21-22-15(12-29-21)11-28-13-20(24)23-18-10-17(26-2)8-9-19(18)27-3/h4-10,12H,11,13H2,1-3H3,(H,23,24). The number of hydrogen-bond donors (Lipinski definition) is 1. The lowest BCUT2D eigenvalue weighted by Crippen LogP contribution is -2.15. The Bertz CT molecular complexity index is 958. The summed E-state index contributed by atoms with van der Waals surface area (Å²) >= 11 is 3.10. The molecule has 0 fully saturated rings. The van der Waals surface area contributed by atoms with Gasteiger partial charge in [0.15, 0.2) is 0 Å². The summed E-state index contributed by atoms with van der Waals surface area (Å²) < 4.78 is 15.7. The third-order valence-corrected chi connectivity index (χ3v) is 5.96. The van der Waals surface area contributed by atoms with E-state index in [2.05, 4.69) is 10.3 Å². The number of thioether (sulfide) groups is 1. The van der Waals surface area contributed by atoms with Crippen molar-refractivity contribution < 1.29 is 19.0 Å². The first kappa shape index (κ1) is 21.0. The molecule has 0 saturated carbocycles. The Balaban J connectivity index is 1.52. The fourth-order valence-corrected chi connectivity index (χ4v) is 4.23. The molecule has 6 nitrogen and oxygen atoms in total. The molecule has 152 valence electrons. The van der Waals surface area contributed by atoms with Crippen molar-refractivity contribution >= 4 is 34.7 Å². The summed E-state index contributed by atoms with van der Waals surface area (Å²) in [6, 6.07) is 13.1. The van der Waals surface area contributed by atoms with Crippen LogP contribution in [0.2, 0.25) is 0 Å². The summed E-state index contributed by atoms with van der Waals surface area (Å²) in [4.78, 5) is 17.0. The molecule has 29 heavy (non-hydrogen) atoms. The van der Waals surface area contributed by atoms with Gasteiger partial charge in [0.1, 0.15) is 22.3 Å². The average Bonchev–Trinajstić information content (AvgIpc) is 3.22. The highest BCUT2D eigenvalue weighted by molar-refractivity contribution is 7.99. The summed E-state index contributed by atoms with van der Waals surface area (Å²) in [7, 11) is 4.79. The Hall–Kier alpha value is -2.71. The molecule has 0 aliphatic heterocycles. The van der Waals surface area contributed by atoms with Crippen LogP contribution in [-0.4, -0.2) is 38.0 Å². The first-order valence-corrected chi connectivity index (χ1v) is 10.8. The third-order valence-electron chi connectivity index (χ3n) is 4.05. The molecule has 1 N–H and O–H groups in total. The fourth-order valence-electron chi connectivity index (χ4n) is 2.59. The molecule has 1 heterocycles. The van der Waals surface area contributed by atoms with E-state index in [1.807, 2.05) is 29.6 Å². The largest absolute Gasteiger partial charge is 0.497 e. The van der Waals surface area contributed by atoms with Gasteiger partial charge in [-0.15, -0.1) is 23.1 Å². The summed E-state index contributed by atoms with van der Waals surface area (Å²) in [5.41, 5.74) is 2.60. The smallest absolute Gasteiger partial charge is 0.234 e. The number of carbonyl (C=O) groups is 1. The van der Waals surface area contributed by atoms with E-state index in [0.29, 0.717) is 28.7 Å². The van der Waals surface area contributed by atoms with Crippen LogP contribution in [0.25, 0.3) is 10.6 Å². The third kappa shape index (κ3) is 5.65. The van der Waals surface area contributed by atoms with Gasteiger partial charge in [0, 0.05) is 22.8 Å². The van der Waals surface area contributed by atoms with Crippen molar-refractivity contribution in [2.75, 3.05) is 32.4 Å². The van der Waals surface area contributed by atoms with Crippen LogP contribution in [0.15, 0.2) is 47.8 Å². The van der Waals surface area contributed by atoms with Crippen LogP contribution < -0.4 is 19.5 Å². The SMILES string of the molecule is COc1ccc(-c2nc(CSCC(=O)Nc3cc(OC)ccc3OC)cs2)cc1. The molecule has 0 atom stereocenters. The maximum Gasteiger partial charge on any atom is 0.234 e. The molecule has 3 rings (SSSR count). The van der Waals surface area contributed by atoms with Crippen molar-refractivity contribution in [1.29, 1.82) is 0 Å². The van der Waals surface area contributed by atoms with E-state index in [0.717, 1.165) is 22.0 Å². The second kappa shape index (κ2) is 10.2. The lowest BCUT2D eigenvalue weighted by Gasteiger charge is -2.11. The van der Waals surface area contributed by atoms with Crippen LogP contribution in [0.5, 0.6) is 17.2 Å². The highest BCUT2D eigenvalue weighted by Gasteiger charge is 2.10. The molecular weight excluding hydrogens is 408 g/mol. The second-order valence-electron chi connectivity index (χ2n) is 5.98. The molecule has 1 aromatic heterocycles. The normalized spacial score (nSPS) is 10.4. The maximum atomic E-state index is 12.3. The molecule has 0 unspecified atom stereocenters. The van der Waals surface area contributed by atoms with Crippen LogP contribution in [0.4, 0.5) is 5.69 Å². The van der Waals surface area contributed by atoms with Gasteiger partial charge in [-0.2, -0.15) is 0 Å². The van der Waals surface area contributed by atoms with E-state index in [1.165, 1.54) is 11.8 Å². The van der Waals surface area contributed by atoms with Gasteiger partial charge in [-0.05, 0) is 36.4 Å². The molecule has 0 aliphatic carbocycles. The number of nitrogens with one attached hydrogen (secondary N) is 1. The first-order valence-electron chi connectivity index (χ1n) is 8.81. The summed E-state index contributed by atoms with van der Waals surface area (Å²) in [5.74, 6) is 2.94. The molecule has 2 aromatic carbocycles. The van der Waals surface area contributed by atoms with Crippen molar-refractivity contribution in [2.45, 2.75) is 5.75 Å². The average molecular weight is 431 g/mol. The molecule has 0 saturated heterocycles. The minimum absolute atomic E-state index is 0.104. The molecule has 8 heteroatoms. The number of benzene rings is 2. The number of rotatable bonds is 9. The zero-order valence-electron chi connectivity index (χ0n) is 16.4. The number of aromatic nitrogens is 1. The molecule has 0 bridgehead atoms. The number of hydrogen-bond acceptors (Lipinski definition) is 7. The molecule has 1 amide bonds. The maximum absolute atomic E-state index is 12.3. The number of anilines is 1. The predicted molar refractivity (Wildman–Crippen MR) is 118 cm³/mol. The van der Waals surface area contributed by atoms with Crippen molar-refractivity contribution in [3.05, 3.63) is 53.5 Å². The fraction of sp³-hybridized carbons (Fsp3) is 0.238. The quantitative estimate of drug-likeness (QED) is 0.530. The summed E-state index contributed by atoms with van der Waals surface area (Å²) in [6.07, 6.45) is 0. The highest BCUT2D eigenvalue weighted by Crippen LogP contribution is 2.30. The lowest BCUT2D eigenvalue weighted by atomic mass is 10.2. The van der Waals surface area contributed by atoms with Gasteiger partial charge in [-0.1, -0.05) is 0 Å². The van der Waals surface area contributed by atoms with Crippen molar-refractivity contribution in [3.8, 4) is 27.8 Å². The summed E-state index contributed by atoms with van der Waals surface area (Å²) in [5, 5.41) is 5.85. The van der Waals surface area contributed by atoms with Crippen LogP contribution in [0.3, 0.4) is 0 Å². The Labute approximate surface area is 178 Å². The van der Waals surface area contributed by atoms with Crippen LogP contribution >= 0.6 is 23.1 Å². The summed E-state index contributed by atoms with van der Waals surface area (Å²) in [6.45, 7) is 0.